The zero-order valence-electron chi connectivity index (χ0n) is 21.5. The molecule has 2 fully saturated rings. The lowest BCUT2D eigenvalue weighted by Crippen LogP contribution is -2.58. The molecule has 0 unspecified atom stereocenters. The molecule has 37 heavy (non-hydrogen) atoms. The minimum Gasteiger partial charge on any atom is -0.322 e. The Morgan fingerprint density at radius 3 is 0.865 bits per heavy atom. The Bertz CT molecular complexity index is 1070. The van der Waals surface area contributed by atoms with Crippen molar-refractivity contribution in [2.24, 2.45) is 0 Å². The fourth-order valence-electron chi connectivity index (χ4n) is 6.36. The van der Waals surface area contributed by atoms with Crippen molar-refractivity contribution in [3.63, 3.8) is 0 Å². The minimum atomic E-state index is -0.743. The molecular weight excluding hydrogens is 452 g/mol. The smallest absolute Gasteiger partial charge is 0.177 e. The highest BCUT2D eigenvalue weighted by molar-refractivity contribution is 5.41. The van der Waals surface area contributed by atoms with Crippen LogP contribution in [0.25, 0.3) is 0 Å². The van der Waals surface area contributed by atoms with Crippen LogP contribution >= 0.6 is 0 Å². The van der Waals surface area contributed by atoms with E-state index in [1.807, 2.05) is 0 Å². The Hall–Kier alpha value is -3.24. The van der Waals surface area contributed by atoms with Crippen LogP contribution < -0.4 is 0 Å². The number of likely N-dealkylation sites (tertiary alicyclic amines) is 2. The van der Waals surface area contributed by atoms with Crippen molar-refractivity contribution in [3.8, 4) is 0 Å². The van der Waals surface area contributed by atoms with E-state index in [1.165, 1.54) is 47.9 Å². The summed E-state index contributed by atoms with van der Waals surface area (Å²) in [6.07, 6.45) is 4.71. The quantitative estimate of drug-likeness (QED) is 0.266. The van der Waals surface area contributed by atoms with E-state index in [0.29, 0.717) is 0 Å². The largest absolute Gasteiger partial charge is 0.322 e. The van der Waals surface area contributed by atoms with Gasteiger partial charge in [0.25, 0.3) is 0 Å². The van der Waals surface area contributed by atoms with Crippen LogP contribution in [0.5, 0.6) is 0 Å². The average Bonchev–Trinajstić information content (AvgIpc) is 3.72. The monoisotopic (exact) mass is 488 g/mol. The zero-order valence-corrected chi connectivity index (χ0v) is 21.5. The second kappa shape index (κ2) is 10.6. The van der Waals surface area contributed by atoms with Gasteiger partial charge < -0.3 is 4.74 Å². The first kappa shape index (κ1) is 24.1. The molecule has 2 aliphatic rings. The lowest BCUT2D eigenvalue weighted by molar-refractivity contribution is -0.250. The van der Waals surface area contributed by atoms with Crippen LogP contribution in [0.15, 0.2) is 121 Å². The molecular formula is C34H36N2O. The van der Waals surface area contributed by atoms with Crippen LogP contribution in [0.2, 0.25) is 0 Å². The maximum atomic E-state index is 7.99. The van der Waals surface area contributed by atoms with Crippen LogP contribution in [0.3, 0.4) is 0 Å². The predicted octanol–water partition coefficient (Wildman–Crippen LogP) is 7.00. The van der Waals surface area contributed by atoms with E-state index in [-0.39, 0.29) is 0 Å². The molecule has 0 spiro atoms. The molecule has 4 aromatic carbocycles. The molecule has 3 heteroatoms. The first-order valence-corrected chi connectivity index (χ1v) is 13.8. The summed E-state index contributed by atoms with van der Waals surface area (Å²) >= 11 is 0. The van der Waals surface area contributed by atoms with E-state index >= 15 is 0 Å². The maximum Gasteiger partial charge on any atom is 0.177 e. The molecule has 2 aliphatic heterocycles. The number of ether oxygens (including phenoxy) is 1. The third-order valence-electron chi connectivity index (χ3n) is 8.06. The first-order chi connectivity index (χ1) is 18.3. The predicted molar refractivity (Wildman–Crippen MR) is 150 cm³/mol. The Labute approximate surface area is 221 Å². The average molecular weight is 489 g/mol. The summed E-state index contributed by atoms with van der Waals surface area (Å²) in [6, 6.07) is 43.6. The van der Waals surface area contributed by atoms with Crippen molar-refractivity contribution < 1.29 is 4.74 Å². The zero-order chi connectivity index (χ0) is 25.0. The summed E-state index contributed by atoms with van der Waals surface area (Å²) in [5.74, 6) is 0. The van der Waals surface area contributed by atoms with Crippen molar-refractivity contribution in [2.45, 2.75) is 37.1 Å². The van der Waals surface area contributed by atoms with Crippen LogP contribution in [0.1, 0.15) is 47.9 Å². The topological polar surface area (TPSA) is 15.7 Å². The molecule has 0 atom stereocenters. The molecule has 4 aromatic rings. The fourth-order valence-corrected chi connectivity index (χ4v) is 6.36. The van der Waals surface area contributed by atoms with E-state index in [0.717, 1.165) is 26.2 Å². The van der Waals surface area contributed by atoms with Crippen molar-refractivity contribution in [2.75, 3.05) is 26.2 Å². The van der Waals surface area contributed by atoms with Gasteiger partial charge in [0.1, 0.15) is 0 Å². The molecule has 0 saturated carbocycles. The van der Waals surface area contributed by atoms with Crippen LogP contribution in [-0.4, -0.2) is 36.0 Å². The van der Waals surface area contributed by atoms with Gasteiger partial charge in [0.2, 0.25) is 0 Å². The highest BCUT2D eigenvalue weighted by Gasteiger charge is 2.53. The van der Waals surface area contributed by atoms with Gasteiger partial charge in [0, 0.05) is 48.4 Å². The van der Waals surface area contributed by atoms with E-state index in [2.05, 4.69) is 131 Å². The van der Waals surface area contributed by atoms with E-state index < -0.39 is 11.4 Å². The summed E-state index contributed by atoms with van der Waals surface area (Å²) in [4.78, 5) is 5.16. The molecule has 0 aliphatic carbocycles. The van der Waals surface area contributed by atoms with Crippen LogP contribution in [-0.2, 0) is 16.2 Å². The third kappa shape index (κ3) is 4.31. The lowest BCUT2D eigenvalue weighted by atomic mass is 9.88. The highest BCUT2D eigenvalue weighted by Crippen LogP contribution is 2.49. The molecule has 0 aromatic heterocycles. The molecule has 2 saturated heterocycles. The highest BCUT2D eigenvalue weighted by atomic mass is 16.6. The van der Waals surface area contributed by atoms with Gasteiger partial charge in [-0.05, 0) is 25.7 Å². The first-order valence-electron chi connectivity index (χ1n) is 13.8. The van der Waals surface area contributed by atoms with E-state index in [9.17, 15) is 0 Å². The number of nitrogens with zero attached hydrogens (tertiary/aromatic N) is 2. The lowest BCUT2D eigenvalue weighted by Gasteiger charge is -2.52. The Balaban J connectivity index is 1.66. The van der Waals surface area contributed by atoms with E-state index in [4.69, 9.17) is 4.74 Å². The second-order valence-corrected chi connectivity index (χ2v) is 10.2. The van der Waals surface area contributed by atoms with Crippen molar-refractivity contribution >= 4 is 0 Å². The van der Waals surface area contributed by atoms with Gasteiger partial charge in [-0.3, -0.25) is 9.80 Å². The Morgan fingerprint density at radius 2 is 0.622 bits per heavy atom. The maximum absolute atomic E-state index is 7.99. The van der Waals surface area contributed by atoms with Crippen molar-refractivity contribution in [1.29, 1.82) is 0 Å². The molecule has 0 radical (unpaired) electrons. The number of hydrogen-bond acceptors (Lipinski definition) is 3. The van der Waals surface area contributed by atoms with Crippen LogP contribution in [0.4, 0.5) is 0 Å². The molecule has 0 amide bonds. The van der Waals surface area contributed by atoms with E-state index in [1.54, 1.807) is 0 Å². The third-order valence-corrected chi connectivity index (χ3v) is 8.06. The number of hydrogen-bond donors (Lipinski definition) is 0. The summed E-state index contributed by atoms with van der Waals surface area (Å²) in [7, 11) is 0. The molecule has 0 bridgehead atoms. The summed E-state index contributed by atoms with van der Waals surface area (Å²) < 4.78 is 7.99. The Kier molecular flexibility index (Phi) is 6.93. The van der Waals surface area contributed by atoms with Gasteiger partial charge >= 0.3 is 0 Å². The number of benzene rings is 4. The summed E-state index contributed by atoms with van der Waals surface area (Å²) in [5, 5.41) is 0. The summed E-state index contributed by atoms with van der Waals surface area (Å²) in [5.41, 5.74) is 3.23. The molecule has 188 valence electrons. The van der Waals surface area contributed by atoms with Crippen LogP contribution in [0, 0.1) is 0 Å². The number of rotatable bonds is 8. The van der Waals surface area contributed by atoms with Gasteiger partial charge in [0.15, 0.2) is 11.4 Å². The van der Waals surface area contributed by atoms with Gasteiger partial charge in [-0.25, -0.2) is 0 Å². The van der Waals surface area contributed by atoms with Crippen molar-refractivity contribution in [3.05, 3.63) is 144 Å². The SMILES string of the molecule is c1ccc(C(OC(c2ccccc2)(c2ccccc2)N2CCCC2)(c2ccccc2)N2CCCC2)cc1. The summed E-state index contributed by atoms with van der Waals surface area (Å²) in [6.45, 7) is 4.01. The second-order valence-electron chi connectivity index (χ2n) is 10.2. The van der Waals surface area contributed by atoms with Gasteiger partial charge in [-0.2, -0.15) is 0 Å². The van der Waals surface area contributed by atoms with Crippen molar-refractivity contribution in [1.82, 2.24) is 9.80 Å². The molecule has 6 rings (SSSR count). The van der Waals surface area contributed by atoms with Gasteiger partial charge in [-0.15, -0.1) is 0 Å². The van der Waals surface area contributed by atoms with Gasteiger partial charge in [-0.1, -0.05) is 121 Å². The molecule has 3 nitrogen and oxygen atoms in total. The molecule has 0 N–H and O–H groups in total. The standard InChI is InChI=1S/C34H36N2O/c1-5-17-29(18-6-1)33(35-25-13-14-26-35,30-19-7-2-8-20-30)37-34(36-27-15-16-28-36,31-21-9-3-10-22-31)32-23-11-4-12-24-32/h1-12,17-24H,13-16,25-28H2. The Morgan fingerprint density at radius 1 is 0.378 bits per heavy atom. The normalized spacial score (nSPS) is 17.3. The fraction of sp³-hybridized carbons (Fsp3) is 0.294. The minimum absolute atomic E-state index is 0.743. The molecule has 2 heterocycles. The van der Waals surface area contributed by atoms with Gasteiger partial charge in [0.05, 0.1) is 0 Å².